The lowest BCUT2D eigenvalue weighted by molar-refractivity contribution is -0.123. The molecule has 0 aliphatic heterocycles. The molecule has 1 aliphatic rings. The van der Waals surface area contributed by atoms with Gasteiger partial charge in [0.1, 0.15) is 0 Å². The maximum atomic E-state index is 12.3. The van der Waals surface area contributed by atoms with Crippen molar-refractivity contribution in [3.8, 4) is 0 Å². The summed E-state index contributed by atoms with van der Waals surface area (Å²) in [6, 6.07) is 10.2. The summed E-state index contributed by atoms with van der Waals surface area (Å²) < 4.78 is 0. The lowest BCUT2D eigenvalue weighted by atomic mass is 9.93. The van der Waals surface area contributed by atoms with Crippen LogP contribution in [0.1, 0.15) is 30.7 Å². The Bertz CT molecular complexity index is 398. The van der Waals surface area contributed by atoms with Crippen LogP contribution in [0.4, 0.5) is 0 Å². The summed E-state index contributed by atoms with van der Waals surface area (Å²) in [7, 11) is 4.11. The number of carbonyl (C=O) groups is 1. The lowest BCUT2D eigenvalue weighted by Crippen LogP contribution is -2.32. The Morgan fingerprint density at radius 3 is 2.58 bits per heavy atom. The smallest absolute Gasteiger partial charge is 0.227 e. The number of amides is 1. The van der Waals surface area contributed by atoms with E-state index < -0.39 is 0 Å². The average molecular weight is 260 g/mol. The molecule has 19 heavy (non-hydrogen) atoms. The summed E-state index contributed by atoms with van der Waals surface area (Å²) in [5.74, 6) is 0.810. The van der Waals surface area contributed by atoms with Gasteiger partial charge in [-0.2, -0.15) is 0 Å². The van der Waals surface area contributed by atoms with Gasteiger partial charge in [-0.25, -0.2) is 0 Å². The molecule has 104 valence electrons. The van der Waals surface area contributed by atoms with Crippen molar-refractivity contribution in [3.05, 3.63) is 35.9 Å². The summed E-state index contributed by atoms with van der Waals surface area (Å²) in [4.78, 5) is 14.5. The summed E-state index contributed by atoms with van der Waals surface area (Å²) in [6.07, 6.45) is 3.38. The van der Waals surface area contributed by atoms with Gasteiger partial charge in [-0.1, -0.05) is 30.3 Å². The molecule has 0 aromatic heterocycles. The minimum absolute atomic E-state index is 0.0561. The summed E-state index contributed by atoms with van der Waals surface area (Å²) in [5, 5.41) is 3.09. The van der Waals surface area contributed by atoms with Gasteiger partial charge in [-0.05, 0) is 51.4 Å². The number of rotatable bonds is 7. The van der Waals surface area contributed by atoms with Crippen molar-refractivity contribution < 1.29 is 4.79 Å². The molecule has 3 heteroatoms. The molecule has 2 rings (SSSR count). The number of carbonyl (C=O) groups excluding carboxylic acids is 1. The predicted octanol–water partition coefficient (Wildman–Crippen LogP) is 2.25. The lowest BCUT2D eigenvalue weighted by Gasteiger charge is -2.17. The fourth-order valence-corrected chi connectivity index (χ4v) is 2.44. The Morgan fingerprint density at radius 1 is 1.32 bits per heavy atom. The van der Waals surface area contributed by atoms with E-state index in [-0.39, 0.29) is 11.8 Å². The van der Waals surface area contributed by atoms with E-state index in [1.807, 2.05) is 18.2 Å². The monoisotopic (exact) mass is 260 g/mol. The first kappa shape index (κ1) is 14.1. The molecule has 0 spiro atoms. The zero-order valence-electron chi connectivity index (χ0n) is 11.9. The van der Waals surface area contributed by atoms with Crippen LogP contribution in [0.5, 0.6) is 0 Å². The van der Waals surface area contributed by atoms with E-state index in [9.17, 15) is 4.79 Å². The van der Waals surface area contributed by atoms with Gasteiger partial charge < -0.3 is 10.2 Å². The van der Waals surface area contributed by atoms with Crippen LogP contribution in [-0.4, -0.2) is 38.0 Å². The van der Waals surface area contributed by atoms with Crippen molar-refractivity contribution in [2.24, 2.45) is 5.92 Å². The number of hydrogen-bond donors (Lipinski definition) is 1. The molecule has 1 amide bonds. The summed E-state index contributed by atoms with van der Waals surface area (Å²) >= 11 is 0. The van der Waals surface area contributed by atoms with Crippen molar-refractivity contribution in [2.45, 2.75) is 25.2 Å². The zero-order chi connectivity index (χ0) is 13.7. The highest BCUT2D eigenvalue weighted by atomic mass is 16.1. The van der Waals surface area contributed by atoms with Crippen LogP contribution < -0.4 is 5.32 Å². The van der Waals surface area contributed by atoms with Gasteiger partial charge in [-0.3, -0.25) is 4.79 Å². The third-order valence-corrected chi connectivity index (χ3v) is 3.62. The van der Waals surface area contributed by atoms with Crippen LogP contribution in [0.3, 0.4) is 0 Å². The van der Waals surface area contributed by atoms with Crippen molar-refractivity contribution in [1.29, 1.82) is 0 Å². The highest BCUT2D eigenvalue weighted by Gasteiger charge is 2.36. The largest absolute Gasteiger partial charge is 0.356 e. The van der Waals surface area contributed by atoms with Gasteiger partial charge in [0, 0.05) is 6.54 Å². The van der Waals surface area contributed by atoms with Gasteiger partial charge >= 0.3 is 0 Å². The topological polar surface area (TPSA) is 32.3 Å². The molecule has 1 N–H and O–H groups in total. The minimum atomic E-state index is 0.0561. The zero-order valence-corrected chi connectivity index (χ0v) is 11.9. The Hall–Kier alpha value is -1.35. The molecule has 1 unspecified atom stereocenters. The van der Waals surface area contributed by atoms with E-state index in [1.165, 1.54) is 12.8 Å². The molecule has 0 bridgehead atoms. The fourth-order valence-electron chi connectivity index (χ4n) is 2.44. The Labute approximate surface area is 116 Å². The maximum absolute atomic E-state index is 12.3. The molecule has 1 saturated carbocycles. The van der Waals surface area contributed by atoms with Crippen LogP contribution in [-0.2, 0) is 4.79 Å². The molecular weight excluding hydrogens is 236 g/mol. The second-order valence-electron chi connectivity index (χ2n) is 5.67. The SMILES string of the molecule is CN(C)CCCNC(=O)C(c1ccccc1)C1CC1. The van der Waals surface area contributed by atoms with Crippen molar-refractivity contribution >= 4 is 5.91 Å². The molecule has 1 aromatic rings. The van der Waals surface area contributed by atoms with Crippen LogP contribution >= 0.6 is 0 Å². The molecule has 0 saturated heterocycles. The molecule has 1 fully saturated rings. The average Bonchev–Trinajstić information content (AvgIpc) is 3.21. The van der Waals surface area contributed by atoms with E-state index in [0.29, 0.717) is 5.92 Å². The highest BCUT2D eigenvalue weighted by Crippen LogP contribution is 2.42. The molecule has 3 nitrogen and oxygen atoms in total. The van der Waals surface area contributed by atoms with E-state index in [4.69, 9.17) is 0 Å². The molecule has 0 heterocycles. The van der Waals surface area contributed by atoms with E-state index in [2.05, 4.69) is 36.4 Å². The van der Waals surface area contributed by atoms with Crippen molar-refractivity contribution in [2.75, 3.05) is 27.2 Å². The predicted molar refractivity (Wildman–Crippen MR) is 78.1 cm³/mol. The van der Waals surface area contributed by atoms with Crippen LogP contribution in [0, 0.1) is 5.92 Å². The number of benzene rings is 1. The third kappa shape index (κ3) is 4.35. The minimum Gasteiger partial charge on any atom is -0.356 e. The second kappa shape index (κ2) is 6.71. The molecule has 1 atom stereocenters. The number of nitrogens with zero attached hydrogens (tertiary/aromatic N) is 1. The first-order chi connectivity index (χ1) is 9.18. The van der Waals surface area contributed by atoms with Crippen LogP contribution in [0.15, 0.2) is 30.3 Å². The van der Waals surface area contributed by atoms with Crippen molar-refractivity contribution in [1.82, 2.24) is 10.2 Å². The van der Waals surface area contributed by atoms with E-state index in [0.717, 1.165) is 25.1 Å². The van der Waals surface area contributed by atoms with Gasteiger partial charge in [0.05, 0.1) is 5.92 Å². The van der Waals surface area contributed by atoms with Crippen molar-refractivity contribution in [3.63, 3.8) is 0 Å². The van der Waals surface area contributed by atoms with Gasteiger partial charge in [0.15, 0.2) is 0 Å². The summed E-state index contributed by atoms with van der Waals surface area (Å²) in [5.41, 5.74) is 1.16. The highest BCUT2D eigenvalue weighted by molar-refractivity contribution is 5.84. The third-order valence-electron chi connectivity index (χ3n) is 3.62. The molecule has 1 aromatic carbocycles. The van der Waals surface area contributed by atoms with Gasteiger partial charge in [0.2, 0.25) is 5.91 Å². The maximum Gasteiger partial charge on any atom is 0.227 e. The number of nitrogens with one attached hydrogen (secondary N) is 1. The molecular formula is C16H24N2O. The Kier molecular flexibility index (Phi) is 4.97. The quantitative estimate of drug-likeness (QED) is 0.763. The molecule has 1 aliphatic carbocycles. The van der Waals surface area contributed by atoms with E-state index >= 15 is 0 Å². The van der Waals surface area contributed by atoms with Gasteiger partial charge in [0.25, 0.3) is 0 Å². The van der Waals surface area contributed by atoms with E-state index in [1.54, 1.807) is 0 Å². The number of hydrogen-bond acceptors (Lipinski definition) is 2. The second-order valence-corrected chi connectivity index (χ2v) is 5.67. The van der Waals surface area contributed by atoms with Crippen LogP contribution in [0.25, 0.3) is 0 Å². The molecule has 0 radical (unpaired) electrons. The van der Waals surface area contributed by atoms with Crippen LogP contribution in [0.2, 0.25) is 0 Å². The summed E-state index contributed by atoms with van der Waals surface area (Å²) in [6.45, 7) is 1.78. The normalized spacial score (nSPS) is 16.4. The Morgan fingerprint density at radius 2 is 2.00 bits per heavy atom. The first-order valence-electron chi connectivity index (χ1n) is 7.16. The standard InChI is InChI=1S/C16H24N2O/c1-18(2)12-6-11-17-16(19)15(14-9-10-14)13-7-4-3-5-8-13/h3-5,7-8,14-15H,6,9-12H2,1-2H3,(H,17,19). The Balaban J connectivity index is 1.87. The fraction of sp³-hybridized carbons (Fsp3) is 0.562. The first-order valence-corrected chi connectivity index (χ1v) is 7.16. The van der Waals surface area contributed by atoms with Gasteiger partial charge in [-0.15, -0.1) is 0 Å².